The molecule has 2 rings (SSSR count). The van der Waals surface area contributed by atoms with Gasteiger partial charge in [0.05, 0.1) is 0 Å². The summed E-state index contributed by atoms with van der Waals surface area (Å²) in [6, 6.07) is 0. The molecular formula is C20H36O8. The number of hydrogen-bond acceptors (Lipinski definition) is 6. The largest absolute Gasteiger partial charge is 0.479 e. The summed E-state index contributed by atoms with van der Waals surface area (Å²) in [7, 11) is 3.09. The van der Waals surface area contributed by atoms with Gasteiger partial charge < -0.3 is 29.2 Å². The molecule has 2 saturated heterocycles. The van der Waals surface area contributed by atoms with Crippen LogP contribution in [0.2, 0.25) is 0 Å². The van der Waals surface area contributed by atoms with E-state index in [1.807, 2.05) is 41.5 Å². The Balaban J connectivity index is 0.000000280. The summed E-state index contributed by atoms with van der Waals surface area (Å²) in [5.74, 6) is -0.736. The van der Waals surface area contributed by atoms with Gasteiger partial charge in [0.15, 0.2) is 24.8 Å². The van der Waals surface area contributed by atoms with Gasteiger partial charge >= 0.3 is 11.9 Å². The van der Waals surface area contributed by atoms with Crippen LogP contribution in [0.1, 0.15) is 41.5 Å². The van der Waals surface area contributed by atoms with Crippen LogP contribution in [0.5, 0.6) is 0 Å². The van der Waals surface area contributed by atoms with Crippen molar-refractivity contribution in [2.45, 2.75) is 66.3 Å². The van der Waals surface area contributed by atoms with Crippen molar-refractivity contribution in [3.8, 4) is 0 Å². The van der Waals surface area contributed by atoms with E-state index in [-0.39, 0.29) is 35.5 Å². The molecule has 2 N–H and O–H groups in total. The molecule has 10 atom stereocenters. The highest BCUT2D eigenvalue weighted by atomic mass is 16.7. The van der Waals surface area contributed by atoms with Crippen LogP contribution in [0.15, 0.2) is 0 Å². The molecule has 0 aromatic heterocycles. The minimum atomic E-state index is -0.904. The van der Waals surface area contributed by atoms with Crippen molar-refractivity contribution < 1.29 is 38.7 Å². The Hall–Kier alpha value is -1.22. The molecule has 0 aliphatic carbocycles. The lowest BCUT2D eigenvalue weighted by Gasteiger charge is -2.41. The zero-order chi connectivity index (χ0) is 21.8. The highest BCUT2D eigenvalue weighted by molar-refractivity contribution is 5.73. The van der Waals surface area contributed by atoms with Crippen LogP contribution in [-0.4, -0.2) is 61.2 Å². The van der Waals surface area contributed by atoms with Crippen LogP contribution in [0.4, 0.5) is 0 Å². The Labute approximate surface area is 167 Å². The van der Waals surface area contributed by atoms with Gasteiger partial charge in [0.2, 0.25) is 0 Å². The number of ether oxygens (including phenoxy) is 4. The molecule has 0 aromatic carbocycles. The van der Waals surface area contributed by atoms with E-state index < -0.39 is 36.7 Å². The van der Waals surface area contributed by atoms with E-state index >= 15 is 0 Å². The van der Waals surface area contributed by atoms with Gasteiger partial charge in [0.25, 0.3) is 0 Å². The molecule has 0 radical (unpaired) electrons. The van der Waals surface area contributed by atoms with Crippen LogP contribution in [0.25, 0.3) is 0 Å². The average Bonchev–Trinajstić information content (AvgIpc) is 2.64. The Kier molecular flexibility index (Phi) is 9.33. The molecule has 8 nitrogen and oxygen atoms in total. The normalized spacial score (nSPS) is 43.6. The van der Waals surface area contributed by atoms with Crippen molar-refractivity contribution in [2.24, 2.45) is 35.5 Å². The summed E-state index contributed by atoms with van der Waals surface area (Å²) >= 11 is 0. The molecule has 0 spiro atoms. The lowest BCUT2D eigenvalue weighted by Crippen LogP contribution is -2.48. The predicted molar refractivity (Wildman–Crippen MR) is 102 cm³/mol. The van der Waals surface area contributed by atoms with E-state index in [1.165, 1.54) is 0 Å². The van der Waals surface area contributed by atoms with Gasteiger partial charge in [-0.15, -0.1) is 0 Å². The number of aliphatic carboxylic acids is 2. The Morgan fingerprint density at radius 1 is 0.607 bits per heavy atom. The van der Waals surface area contributed by atoms with Gasteiger partial charge in [-0.1, -0.05) is 41.5 Å². The van der Waals surface area contributed by atoms with Crippen molar-refractivity contribution in [3.05, 3.63) is 0 Å². The number of rotatable bonds is 4. The molecule has 0 aromatic rings. The number of hydrogen-bond donors (Lipinski definition) is 2. The molecule has 8 heteroatoms. The van der Waals surface area contributed by atoms with Crippen LogP contribution in [-0.2, 0) is 28.5 Å². The molecule has 164 valence electrons. The molecule has 4 unspecified atom stereocenters. The number of carboxylic acids is 2. The first kappa shape index (κ1) is 24.8. The SMILES string of the molecule is CO[C@@H]1OC(C(=O)O)[C@H](C)[C@@H](C)C1C.CO[C@@H]1OC(C(=O)O)[C@H](C)[C@@H](C)C1C. The van der Waals surface area contributed by atoms with Crippen molar-refractivity contribution in [1.29, 1.82) is 0 Å². The first-order valence-corrected chi connectivity index (χ1v) is 9.79. The summed E-state index contributed by atoms with van der Waals surface area (Å²) in [4.78, 5) is 21.8. The third kappa shape index (κ3) is 5.43. The molecular weight excluding hydrogens is 368 g/mol. The predicted octanol–water partition coefficient (Wildman–Crippen LogP) is 2.70. The monoisotopic (exact) mass is 404 g/mol. The maximum Gasteiger partial charge on any atom is 0.333 e. The fourth-order valence-corrected chi connectivity index (χ4v) is 3.90. The van der Waals surface area contributed by atoms with Gasteiger partial charge in [-0.05, 0) is 23.7 Å². The standard InChI is InChI=1S/2C10H18O4/c2*1-5-6(2)8(9(11)12)14-10(13-4)7(5)3/h2*5-8,10H,1-4H3,(H,11,12)/t2*5-,6-,7?,8?,10-/m11/s1. The fraction of sp³-hybridized carbons (Fsp3) is 0.900. The van der Waals surface area contributed by atoms with E-state index in [1.54, 1.807) is 14.2 Å². The first-order valence-electron chi connectivity index (χ1n) is 9.79. The van der Waals surface area contributed by atoms with Crippen LogP contribution < -0.4 is 0 Å². The van der Waals surface area contributed by atoms with Gasteiger partial charge in [-0.3, -0.25) is 0 Å². The topological polar surface area (TPSA) is 112 Å². The average molecular weight is 405 g/mol. The van der Waals surface area contributed by atoms with Crippen molar-refractivity contribution in [3.63, 3.8) is 0 Å². The zero-order valence-electron chi connectivity index (χ0n) is 18.1. The van der Waals surface area contributed by atoms with E-state index in [4.69, 9.17) is 29.2 Å². The van der Waals surface area contributed by atoms with Crippen LogP contribution >= 0.6 is 0 Å². The summed E-state index contributed by atoms with van der Waals surface area (Å²) in [6.07, 6.45) is -2.29. The second-order valence-electron chi connectivity index (χ2n) is 8.15. The van der Waals surface area contributed by atoms with E-state index in [2.05, 4.69) is 0 Å². The molecule has 28 heavy (non-hydrogen) atoms. The van der Waals surface area contributed by atoms with Crippen molar-refractivity contribution in [2.75, 3.05) is 14.2 Å². The molecule has 0 amide bonds. The van der Waals surface area contributed by atoms with E-state index in [9.17, 15) is 9.59 Å². The van der Waals surface area contributed by atoms with Gasteiger partial charge in [-0.25, -0.2) is 9.59 Å². The molecule has 2 aliphatic rings. The number of carboxylic acid groups (broad SMARTS) is 2. The Bertz CT molecular complexity index is 474. The molecule has 2 fully saturated rings. The Morgan fingerprint density at radius 2 is 0.893 bits per heavy atom. The van der Waals surface area contributed by atoms with Crippen LogP contribution in [0, 0.1) is 35.5 Å². The molecule has 0 bridgehead atoms. The van der Waals surface area contributed by atoms with Crippen LogP contribution in [0.3, 0.4) is 0 Å². The third-order valence-corrected chi connectivity index (χ3v) is 6.64. The van der Waals surface area contributed by atoms with Crippen molar-refractivity contribution in [1.82, 2.24) is 0 Å². The Morgan fingerprint density at radius 3 is 1.11 bits per heavy atom. The van der Waals surface area contributed by atoms with E-state index in [0.29, 0.717) is 0 Å². The summed E-state index contributed by atoms with van der Waals surface area (Å²) in [6.45, 7) is 11.9. The first-order chi connectivity index (χ1) is 13.0. The highest BCUT2D eigenvalue weighted by Crippen LogP contribution is 2.36. The molecule has 0 saturated carbocycles. The van der Waals surface area contributed by atoms with Gasteiger partial charge in [-0.2, -0.15) is 0 Å². The van der Waals surface area contributed by atoms with E-state index in [0.717, 1.165) is 0 Å². The number of carbonyl (C=O) groups is 2. The summed E-state index contributed by atoms with van der Waals surface area (Å²) in [5, 5.41) is 17.9. The van der Waals surface area contributed by atoms with Gasteiger partial charge in [0.1, 0.15) is 0 Å². The lowest BCUT2D eigenvalue weighted by molar-refractivity contribution is -0.240. The molecule has 2 heterocycles. The maximum absolute atomic E-state index is 10.9. The summed E-state index contributed by atoms with van der Waals surface area (Å²) in [5.41, 5.74) is 0. The minimum Gasteiger partial charge on any atom is -0.479 e. The lowest BCUT2D eigenvalue weighted by atomic mass is 9.79. The smallest absolute Gasteiger partial charge is 0.333 e. The third-order valence-electron chi connectivity index (χ3n) is 6.64. The van der Waals surface area contributed by atoms with Crippen molar-refractivity contribution >= 4 is 11.9 Å². The second kappa shape index (κ2) is 10.5. The zero-order valence-corrected chi connectivity index (χ0v) is 18.1. The van der Waals surface area contributed by atoms with Gasteiger partial charge in [0, 0.05) is 26.1 Å². The fourth-order valence-electron chi connectivity index (χ4n) is 3.90. The highest BCUT2D eigenvalue weighted by Gasteiger charge is 2.43. The number of methoxy groups -OCH3 is 2. The second-order valence-corrected chi connectivity index (χ2v) is 8.15. The molecule has 2 aliphatic heterocycles. The minimum absolute atomic E-state index is 0.0221. The quantitative estimate of drug-likeness (QED) is 0.736. The maximum atomic E-state index is 10.9. The summed E-state index contributed by atoms with van der Waals surface area (Å²) < 4.78 is 21.0.